The molecule has 0 aliphatic heterocycles. The molecule has 1 N–H and O–H groups in total. The summed E-state index contributed by atoms with van der Waals surface area (Å²) in [6, 6.07) is -0.616. The lowest BCUT2D eigenvalue weighted by atomic mass is 10.1. The van der Waals surface area contributed by atoms with E-state index in [1.807, 2.05) is 21.1 Å². The molecule has 0 saturated heterocycles. The molecule has 0 aromatic rings. The zero-order valence-electron chi connectivity index (χ0n) is 35.9. The van der Waals surface area contributed by atoms with Crippen LogP contribution in [0.15, 0.2) is 60.8 Å². The summed E-state index contributed by atoms with van der Waals surface area (Å²) in [6.07, 6.45) is 45.6. The summed E-state index contributed by atoms with van der Waals surface area (Å²) in [5.74, 6) is -1.49. The number of carbonyl (C=O) groups excluding carboxylic acids is 2. The summed E-state index contributed by atoms with van der Waals surface area (Å²) in [6.45, 7) is 4.57. The fourth-order valence-electron chi connectivity index (χ4n) is 6.06. The van der Waals surface area contributed by atoms with E-state index in [1.54, 1.807) is 0 Å². The second kappa shape index (κ2) is 37.9. The predicted molar refractivity (Wildman–Crippen MR) is 229 cm³/mol. The van der Waals surface area contributed by atoms with E-state index in [4.69, 9.17) is 14.2 Å². The van der Waals surface area contributed by atoms with Crippen molar-refractivity contribution in [2.45, 2.75) is 180 Å². The van der Waals surface area contributed by atoms with E-state index in [0.717, 1.165) is 83.5 Å². The molecule has 316 valence electrons. The lowest BCUT2D eigenvalue weighted by Crippen LogP contribution is -2.50. The lowest BCUT2D eigenvalue weighted by Gasteiger charge is -2.31. The number of rotatable bonds is 38. The van der Waals surface area contributed by atoms with Gasteiger partial charge in [0.1, 0.15) is 6.61 Å². The topological polar surface area (TPSA) is 99.1 Å². The molecule has 0 amide bonds. The van der Waals surface area contributed by atoms with Crippen LogP contribution < -0.4 is 0 Å². The quantitative estimate of drug-likeness (QED) is 0.0289. The number of nitrogens with zero attached hydrogens (tertiary/aromatic N) is 1. The number of carboxylic acids is 1. The molecule has 0 spiro atoms. The van der Waals surface area contributed by atoms with E-state index in [2.05, 4.69) is 74.6 Å². The van der Waals surface area contributed by atoms with Gasteiger partial charge in [-0.1, -0.05) is 152 Å². The Morgan fingerprint density at radius 1 is 0.564 bits per heavy atom. The Labute approximate surface area is 337 Å². The lowest BCUT2D eigenvalue weighted by molar-refractivity contribution is -0.887. The van der Waals surface area contributed by atoms with Crippen molar-refractivity contribution in [2.24, 2.45) is 0 Å². The van der Waals surface area contributed by atoms with Crippen molar-refractivity contribution in [3.05, 3.63) is 60.8 Å². The Bertz CT molecular complexity index is 1090. The third-order valence-corrected chi connectivity index (χ3v) is 9.43. The van der Waals surface area contributed by atoms with Gasteiger partial charge in [-0.05, 0) is 57.8 Å². The van der Waals surface area contributed by atoms with E-state index in [-0.39, 0.29) is 36.2 Å². The largest absolute Gasteiger partial charge is 0.477 e. The zero-order chi connectivity index (χ0) is 40.7. The summed E-state index contributed by atoms with van der Waals surface area (Å²) >= 11 is 0. The van der Waals surface area contributed by atoms with Crippen LogP contribution in [0.1, 0.15) is 168 Å². The van der Waals surface area contributed by atoms with E-state index in [0.29, 0.717) is 19.3 Å². The minimum absolute atomic E-state index is 0.0554. The van der Waals surface area contributed by atoms with Gasteiger partial charge >= 0.3 is 17.9 Å². The fraction of sp³-hybridized carbons (Fsp3) is 0.723. The van der Waals surface area contributed by atoms with Gasteiger partial charge in [0, 0.05) is 19.3 Å². The fourth-order valence-corrected chi connectivity index (χ4v) is 6.06. The highest BCUT2D eigenvalue weighted by Crippen LogP contribution is 2.14. The highest BCUT2D eigenvalue weighted by atomic mass is 16.6. The molecule has 55 heavy (non-hydrogen) atoms. The van der Waals surface area contributed by atoms with Crippen LogP contribution in [0.3, 0.4) is 0 Å². The first-order chi connectivity index (χ1) is 26.6. The number of likely N-dealkylation sites (N-methyl/N-ethyl adjacent to an activating group) is 1. The Morgan fingerprint density at radius 2 is 1.02 bits per heavy atom. The van der Waals surface area contributed by atoms with Gasteiger partial charge in [0.15, 0.2) is 12.1 Å². The van der Waals surface area contributed by atoms with Crippen molar-refractivity contribution < 1.29 is 38.2 Å². The van der Waals surface area contributed by atoms with Crippen molar-refractivity contribution in [1.82, 2.24) is 0 Å². The summed E-state index contributed by atoms with van der Waals surface area (Å²) in [4.78, 5) is 36.8. The molecule has 2 unspecified atom stereocenters. The molecule has 8 heteroatoms. The summed E-state index contributed by atoms with van der Waals surface area (Å²) in [5.41, 5.74) is 0. The summed E-state index contributed by atoms with van der Waals surface area (Å²) < 4.78 is 17.2. The van der Waals surface area contributed by atoms with Crippen molar-refractivity contribution in [2.75, 3.05) is 41.0 Å². The molecular weight excluding hydrogens is 691 g/mol. The molecule has 8 nitrogen and oxygen atoms in total. The third-order valence-electron chi connectivity index (χ3n) is 9.43. The van der Waals surface area contributed by atoms with Gasteiger partial charge in [-0.15, -0.1) is 0 Å². The molecule has 0 heterocycles. The second-order valence-electron chi connectivity index (χ2n) is 15.6. The van der Waals surface area contributed by atoms with Gasteiger partial charge in [-0.2, -0.15) is 0 Å². The molecule has 0 bridgehead atoms. The summed E-state index contributed by atoms with van der Waals surface area (Å²) in [7, 11) is 5.51. The number of hydrogen-bond donors (Lipinski definition) is 1. The van der Waals surface area contributed by atoms with E-state index in [9.17, 15) is 19.5 Å². The van der Waals surface area contributed by atoms with Crippen molar-refractivity contribution in [1.29, 1.82) is 0 Å². The number of aliphatic carboxylic acids is 1. The molecule has 0 rings (SSSR count). The van der Waals surface area contributed by atoms with Crippen LogP contribution in [0.25, 0.3) is 0 Å². The van der Waals surface area contributed by atoms with Crippen molar-refractivity contribution in [3.63, 3.8) is 0 Å². The Balaban J connectivity index is 4.26. The van der Waals surface area contributed by atoms with E-state index in [1.165, 1.54) is 51.4 Å². The van der Waals surface area contributed by atoms with Crippen LogP contribution in [0.4, 0.5) is 0 Å². The van der Waals surface area contributed by atoms with Crippen LogP contribution in [-0.2, 0) is 28.6 Å². The maximum atomic E-state index is 12.7. The van der Waals surface area contributed by atoms with Crippen LogP contribution in [0, 0.1) is 0 Å². The van der Waals surface area contributed by atoms with Crippen LogP contribution >= 0.6 is 0 Å². The van der Waals surface area contributed by atoms with Gasteiger partial charge in [-0.3, -0.25) is 9.59 Å². The first kappa shape index (κ1) is 52.0. The number of esters is 2. The Kier molecular flexibility index (Phi) is 35.9. The maximum absolute atomic E-state index is 12.7. The van der Waals surface area contributed by atoms with Gasteiger partial charge in [0.05, 0.1) is 34.4 Å². The first-order valence-corrected chi connectivity index (χ1v) is 21.8. The molecular formula is C47H82NO7+. The van der Waals surface area contributed by atoms with Crippen molar-refractivity contribution >= 4 is 17.9 Å². The monoisotopic (exact) mass is 773 g/mol. The number of ether oxygens (including phenoxy) is 3. The summed E-state index contributed by atoms with van der Waals surface area (Å²) in [5, 5.41) is 9.60. The number of carbonyl (C=O) groups is 3. The molecule has 0 aliphatic rings. The zero-order valence-corrected chi connectivity index (χ0v) is 35.9. The van der Waals surface area contributed by atoms with Gasteiger partial charge in [-0.25, -0.2) is 4.79 Å². The molecule has 0 radical (unpaired) electrons. The third kappa shape index (κ3) is 36.4. The predicted octanol–water partition coefficient (Wildman–Crippen LogP) is 11.8. The average Bonchev–Trinajstić information content (AvgIpc) is 3.14. The second-order valence-corrected chi connectivity index (χ2v) is 15.6. The van der Waals surface area contributed by atoms with Crippen LogP contribution in [-0.4, -0.2) is 80.6 Å². The molecule has 0 saturated carbocycles. The highest BCUT2D eigenvalue weighted by molar-refractivity contribution is 5.72. The number of hydrogen-bond acceptors (Lipinski definition) is 6. The van der Waals surface area contributed by atoms with Crippen LogP contribution in [0.2, 0.25) is 0 Å². The SMILES string of the molecule is CC/C=C/C/C=C/C/C=C/C/C=C/C/C=C/CCCCCCCCCC(=O)OC(COCCC(C(=O)O)[N+](C)(C)C)COC(=O)CCCCCCCCCC. The molecule has 2 atom stereocenters. The Morgan fingerprint density at radius 3 is 1.51 bits per heavy atom. The highest BCUT2D eigenvalue weighted by Gasteiger charge is 2.31. The molecule has 0 aliphatic carbocycles. The Hall–Kier alpha value is -2.97. The number of allylic oxidation sites excluding steroid dienone is 10. The average molecular weight is 773 g/mol. The number of unbranched alkanes of at least 4 members (excludes halogenated alkanes) is 14. The van der Waals surface area contributed by atoms with E-state index < -0.39 is 18.1 Å². The van der Waals surface area contributed by atoms with E-state index >= 15 is 0 Å². The smallest absolute Gasteiger partial charge is 0.362 e. The normalized spacial score (nSPS) is 13.5. The number of carboxylic acid groups (broad SMARTS) is 1. The molecule has 0 aromatic heterocycles. The maximum Gasteiger partial charge on any atom is 0.362 e. The molecule has 0 fully saturated rings. The minimum Gasteiger partial charge on any atom is -0.477 e. The van der Waals surface area contributed by atoms with Gasteiger partial charge in [0.25, 0.3) is 0 Å². The van der Waals surface area contributed by atoms with Crippen LogP contribution in [0.5, 0.6) is 0 Å². The van der Waals surface area contributed by atoms with Crippen molar-refractivity contribution in [3.8, 4) is 0 Å². The number of quaternary nitrogens is 1. The standard InChI is InChI=1S/C47H81NO7/c1-6-8-10-12-14-16-17-18-19-20-21-22-23-24-25-26-27-28-29-30-32-34-36-38-46(50)55-43(41-53-40-39-44(47(51)52)48(3,4)5)42-54-45(49)37-35-33-31-15-13-11-9-7-2/h8,10,14,16,18-19,21-22,24-25,43-44H,6-7,9,11-13,15,17,20,23,26-42H2,1-5H3/p+1/b10-8+,16-14+,19-18+,22-21+,25-24+. The minimum atomic E-state index is -0.879. The molecule has 0 aromatic carbocycles. The van der Waals surface area contributed by atoms with Gasteiger partial charge < -0.3 is 23.8 Å². The first-order valence-electron chi connectivity index (χ1n) is 21.8. The van der Waals surface area contributed by atoms with Gasteiger partial charge in [0.2, 0.25) is 0 Å².